The van der Waals surface area contributed by atoms with Gasteiger partial charge in [-0.15, -0.1) is 10.2 Å². The summed E-state index contributed by atoms with van der Waals surface area (Å²) < 4.78 is 5.53. The molecule has 0 saturated heterocycles. The predicted octanol–water partition coefficient (Wildman–Crippen LogP) is 3.46. The first-order valence-electron chi connectivity index (χ1n) is 7.94. The molecule has 2 aromatic rings. The largest absolute Gasteiger partial charge is 0.414 e. The van der Waals surface area contributed by atoms with Crippen molar-refractivity contribution in [1.29, 1.82) is 0 Å². The average molecular weight is 348 g/mol. The van der Waals surface area contributed by atoms with E-state index in [1.165, 1.54) is 11.8 Å². The first-order valence-corrected chi connectivity index (χ1v) is 8.92. The molecule has 1 aromatic carbocycles. The molecule has 0 fully saturated rings. The van der Waals surface area contributed by atoms with Crippen LogP contribution >= 0.6 is 11.8 Å². The minimum atomic E-state index is -0.268. The van der Waals surface area contributed by atoms with Crippen LogP contribution in [-0.4, -0.2) is 21.9 Å². The van der Waals surface area contributed by atoms with E-state index < -0.39 is 0 Å². The van der Waals surface area contributed by atoms with E-state index in [2.05, 4.69) is 29.4 Å². The van der Waals surface area contributed by atoms with Crippen LogP contribution in [0.2, 0.25) is 0 Å². The van der Waals surface area contributed by atoms with Crippen molar-refractivity contribution in [3.63, 3.8) is 0 Å². The van der Waals surface area contributed by atoms with Crippen molar-refractivity contribution in [2.75, 3.05) is 11.1 Å². The highest BCUT2D eigenvalue weighted by Crippen LogP contribution is 2.23. The summed E-state index contributed by atoms with van der Waals surface area (Å²) in [6.07, 6.45) is 0.777. The summed E-state index contributed by atoms with van der Waals surface area (Å²) in [5, 5.41) is 11.2. The SMILES string of the molecule is Cc1ccc(C)c(NC(=O)CSc2nnc([C@@H](N)CC(C)C)o2)c1. The fraction of sp³-hybridized carbons (Fsp3) is 0.471. The smallest absolute Gasteiger partial charge is 0.277 e. The number of hydrogen-bond acceptors (Lipinski definition) is 6. The number of nitrogens with two attached hydrogens (primary N) is 1. The van der Waals surface area contributed by atoms with Gasteiger partial charge in [-0.25, -0.2) is 0 Å². The van der Waals surface area contributed by atoms with Crippen LogP contribution in [-0.2, 0) is 4.79 Å². The van der Waals surface area contributed by atoms with Crippen molar-refractivity contribution >= 4 is 23.4 Å². The zero-order chi connectivity index (χ0) is 17.7. The Labute approximate surface area is 146 Å². The second-order valence-corrected chi connectivity index (χ2v) is 7.22. The first-order chi connectivity index (χ1) is 11.3. The van der Waals surface area contributed by atoms with E-state index >= 15 is 0 Å². The average Bonchev–Trinajstić information content (AvgIpc) is 2.97. The number of amides is 1. The molecule has 6 nitrogen and oxygen atoms in total. The molecule has 0 aliphatic rings. The second-order valence-electron chi connectivity index (χ2n) is 6.30. The molecule has 0 bridgehead atoms. The number of benzene rings is 1. The maximum atomic E-state index is 12.1. The van der Waals surface area contributed by atoms with Crippen LogP contribution in [0.1, 0.15) is 43.3 Å². The van der Waals surface area contributed by atoms with Crippen molar-refractivity contribution < 1.29 is 9.21 Å². The van der Waals surface area contributed by atoms with E-state index in [0.717, 1.165) is 23.2 Å². The van der Waals surface area contributed by atoms with Gasteiger partial charge in [0.25, 0.3) is 5.22 Å². The number of nitrogens with one attached hydrogen (secondary N) is 1. The van der Waals surface area contributed by atoms with Gasteiger partial charge in [0.05, 0.1) is 11.8 Å². The molecular formula is C17H24N4O2S. The minimum Gasteiger partial charge on any atom is -0.414 e. The predicted molar refractivity (Wildman–Crippen MR) is 96.0 cm³/mol. The van der Waals surface area contributed by atoms with Crippen LogP contribution in [0.5, 0.6) is 0 Å². The quantitative estimate of drug-likeness (QED) is 0.744. The molecule has 0 unspecified atom stereocenters. The Morgan fingerprint density at radius 2 is 2.08 bits per heavy atom. The molecule has 1 heterocycles. The van der Waals surface area contributed by atoms with Crippen LogP contribution in [0.4, 0.5) is 5.69 Å². The highest BCUT2D eigenvalue weighted by Gasteiger charge is 2.17. The van der Waals surface area contributed by atoms with Crippen molar-refractivity contribution in [1.82, 2.24) is 10.2 Å². The van der Waals surface area contributed by atoms with Gasteiger partial charge in [-0.2, -0.15) is 0 Å². The Bertz CT molecular complexity index is 700. The Kier molecular flexibility index (Phi) is 6.39. The van der Waals surface area contributed by atoms with Gasteiger partial charge < -0.3 is 15.5 Å². The number of rotatable bonds is 7. The maximum Gasteiger partial charge on any atom is 0.277 e. The van der Waals surface area contributed by atoms with Crippen molar-refractivity contribution in [3.8, 4) is 0 Å². The van der Waals surface area contributed by atoms with Crippen LogP contribution in [0, 0.1) is 19.8 Å². The number of anilines is 1. The molecule has 3 N–H and O–H groups in total. The highest BCUT2D eigenvalue weighted by molar-refractivity contribution is 7.99. The Hall–Kier alpha value is -1.86. The number of nitrogens with zero attached hydrogens (tertiary/aromatic N) is 2. The summed E-state index contributed by atoms with van der Waals surface area (Å²) in [7, 11) is 0. The van der Waals surface area contributed by atoms with Crippen LogP contribution < -0.4 is 11.1 Å². The van der Waals surface area contributed by atoms with E-state index in [-0.39, 0.29) is 17.7 Å². The first kappa shape index (κ1) is 18.5. The van der Waals surface area contributed by atoms with E-state index in [1.807, 2.05) is 32.0 Å². The third-order valence-electron chi connectivity index (χ3n) is 3.46. The monoisotopic (exact) mass is 348 g/mol. The number of thioether (sulfide) groups is 1. The summed E-state index contributed by atoms with van der Waals surface area (Å²) in [5.41, 5.74) is 8.97. The fourth-order valence-corrected chi connectivity index (χ4v) is 2.79. The molecule has 1 amide bonds. The van der Waals surface area contributed by atoms with E-state index in [1.54, 1.807) is 0 Å². The Balaban J connectivity index is 1.88. The Morgan fingerprint density at radius 3 is 2.79 bits per heavy atom. The summed E-state index contributed by atoms with van der Waals surface area (Å²) >= 11 is 1.21. The topological polar surface area (TPSA) is 94.0 Å². The van der Waals surface area contributed by atoms with E-state index in [0.29, 0.717) is 17.0 Å². The lowest BCUT2D eigenvalue weighted by Gasteiger charge is -2.09. The molecule has 2 rings (SSSR count). The lowest BCUT2D eigenvalue weighted by molar-refractivity contribution is -0.113. The Morgan fingerprint density at radius 1 is 1.33 bits per heavy atom. The zero-order valence-corrected chi connectivity index (χ0v) is 15.3. The number of aromatic nitrogens is 2. The van der Waals surface area contributed by atoms with Crippen molar-refractivity contribution in [2.24, 2.45) is 11.7 Å². The molecule has 0 aliphatic heterocycles. The van der Waals surface area contributed by atoms with Gasteiger partial charge in [-0.3, -0.25) is 4.79 Å². The summed E-state index contributed by atoms with van der Waals surface area (Å²) in [6.45, 7) is 8.12. The molecule has 1 atom stereocenters. The summed E-state index contributed by atoms with van der Waals surface area (Å²) in [6, 6.07) is 5.68. The molecule has 0 aliphatic carbocycles. The van der Waals surface area contributed by atoms with Gasteiger partial charge >= 0.3 is 0 Å². The second kappa shape index (κ2) is 8.30. The number of carbonyl (C=O) groups excluding carboxylic acids is 1. The summed E-state index contributed by atoms with van der Waals surface area (Å²) in [5.74, 6) is 0.960. The molecule has 7 heteroatoms. The van der Waals surface area contributed by atoms with E-state index in [4.69, 9.17) is 10.2 Å². The molecule has 0 radical (unpaired) electrons. The highest BCUT2D eigenvalue weighted by atomic mass is 32.2. The van der Waals surface area contributed by atoms with Crippen LogP contribution in [0.15, 0.2) is 27.8 Å². The van der Waals surface area contributed by atoms with Crippen molar-refractivity contribution in [3.05, 3.63) is 35.2 Å². The van der Waals surface area contributed by atoms with Gasteiger partial charge in [0.1, 0.15) is 0 Å². The van der Waals surface area contributed by atoms with Gasteiger partial charge in [0.15, 0.2) is 0 Å². The molecular weight excluding hydrogens is 324 g/mol. The van der Waals surface area contributed by atoms with E-state index in [9.17, 15) is 4.79 Å². The third-order valence-corrected chi connectivity index (χ3v) is 4.28. The lowest BCUT2D eigenvalue weighted by Crippen LogP contribution is -2.15. The van der Waals surface area contributed by atoms with Crippen LogP contribution in [0.25, 0.3) is 0 Å². The van der Waals surface area contributed by atoms with Gasteiger partial charge in [-0.1, -0.05) is 37.7 Å². The maximum absolute atomic E-state index is 12.1. The lowest BCUT2D eigenvalue weighted by atomic mass is 10.1. The fourth-order valence-electron chi connectivity index (χ4n) is 2.22. The number of carbonyl (C=O) groups is 1. The van der Waals surface area contributed by atoms with Gasteiger partial charge in [-0.05, 0) is 43.4 Å². The minimum absolute atomic E-state index is 0.111. The molecule has 24 heavy (non-hydrogen) atoms. The van der Waals surface area contributed by atoms with Crippen molar-refractivity contribution in [2.45, 2.75) is 45.4 Å². The number of hydrogen-bond donors (Lipinski definition) is 2. The normalized spacial score (nSPS) is 12.4. The molecule has 0 saturated carbocycles. The molecule has 130 valence electrons. The number of aryl methyl sites for hydroxylation is 2. The standard InChI is InChI=1S/C17H24N4O2S/c1-10(2)7-13(18)16-20-21-17(23-16)24-9-15(22)19-14-8-11(3)5-6-12(14)4/h5-6,8,10,13H,7,9,18H2,1-4H3,(H,19,22)/t13-/m0/s1. The van der Waals surface area contributed by atoms with Gasteiger partial charge in [0.2, 0.25) is 11.8 Å². The van der Waals surface area contributed by atoms with Gasteiger partial charge in [0, 0.05) is 5.69 Å². The van der Waals surface area contributed by atoms with Crippen LogP contribution in [0.3, 0.4) is 0 Å². The zero-order valence-electron chi connectivity index (χ0n) is 14.5. The molecule has 0 spiro atoms. The third kappa shape index (κ3) is 5.35. The molecule has 1 aromatic heterocycles. The summed E-state index contributed by atoms with van der Waals surface area (Å²) in [4.78, 5) is 12.1.